The van der Waals surface area contributed by atoms with Crippen LogP contribution < -0.4 is 5.32 Å². The van der Waals surface area contributed by atoms with Crippen molar-refractivity contribution in [2.45, 2.75) is 19.9 Å². The van der Waals surface area contributed by atoms with E-state index in [1.807, 2.05) is 39.1 Å². The second-order valence-corrected chi connectivity index (χ2v) is 5.33. The third kappa shape index (κ3) is 4.40. The molecule has 0 aromatic heterocycles. The fourth-order valence-corrected chi connectivity index (χ4v) is 2.03. The van der Waals surface area contributed by atoms with Gasteiger partial charge in [0.15, 0.2) is 0 Å². The molecule has 4 nitrogen and oxygen atoms in total. The van der Waals surface area contributed by atoms with Gasteiger partial charge >= 0.3 is 0 Å². The predicted octanol–water partition coefficient (Wildman–Crippen LogP) is 2.01. The lowest BCUT2D eigenvalue weighted by molar-refractivity contribution is -0.117. The molecular weight excluding hydrogens is 296 g/mol. The van der Waals surface area contributed by atoms with E-state index in [-0.39, 0.29) is 25.1 Å². The molecule has 0 bridgehead atoms. The highest BCUT2D eigenvalue weighted by Crippen LogP contribution is 2.23. The van der Waals surface area contributed by atoms with Crippen LogP contribution >= 0.6 is 15.9 Å². The summed E-state index contributed by atoms with van der Waals surface area (Å²) in [6, 6.07) is 5.74. The highest BCUT2D eigenvalue weighted by molar-refractivity contribution is 9.10. The van der Waals surface area contributed by atoms with Crippen molar-refractivity contribution < 1.29 is 9.90 Å². The largest absolute Gasteiger partial charge is 0.395 e. The Hall–Kier alpha value is -0.910. The van der Waals surface area contributed by atoms with Crippen LogP contribution in [0.15, 0.2) is 22.7 Å². The highest BCUT2D eigenvalue weighted by Gasteiger charge is 2.13. The lowest BCUT2D eigenvalue weighted by Crippen LogP contribution is -2.38. The first kappa shape index (κ1) is 15.1. The SMILES string of the molecule is Cc1ccc(NC(=O)CN(C)C(C)CO)c(Br)c1. The summed E-state index contributed by atoms with van der Waals surface area (Å²) in [6.07, 6.45) is 0. The maximum Gasteiger partial charge on any atom is 0.238 e. The number of nitrogens with one attached hydrogen (secondary N) is 1. The molecule has 0 heterocycles. The number of carbonyl (C=O) groups excluding carboxylic acids is 1. The summed E-state index contributed by atoms with van der Waals surface area (Å²) in [4.78, 5) is 13.6. The predicted molar refractivity (Wildman–Crippen MR) is 76.7 cm³/mol. The Kier molecular flexibility index (Phi) is 5.78. The molecule has 1 amide bonds. The Morgan fingerprint density at radius 2 is 2.22 bits per heavy atom. The summed E-state index contributed by atoms with van der Waals surface area (Å²) in [5.41, 5.74) is 1.89. The van der Waals surface area contributed by atoms with Gasteiger partial charge in [-0.3, -0.25) is 9.69 Å². The Bertz CT molecular complexity index is 423. The Balaban J connectivity index is 2.59. The number of aliphatic hydroxyl groups excluding tert-OH is 1. The van der Waals surface area contributed by atoms with E-state index in [1.54, 1.807) is 4.90 Å². The molecule has 0 aliphatic carbocycles. The van der Waals surface area contributed by atoms with Crippen LogP contribution in [-0.2, 0) is 4.79 Å². The molecule has 1 aromatic rings. The van der Waals surface area contributed by atoms with E-state index in [1.165, 1.54) is 0 Å². The Morgan fingerprint density at radius 1 is 1.56 bits per heavy atom. The minimum atomic E-state index is -0.0950. The van der Waals surface area contributed by atoms with Crippen molar-refractivity contribution in [1.82, 2.24) is 4.90 Å². The maximum absolute atomic E-state index is 11.8. The van der Waals surface area contributed by atoms with E-state index in [2.05, 4.69) is 21.2 Å². The van der Waals surface area contributed by atoms with Gasteiger partial charge in [0.05, 0.1) is 18.8 Å². The third-order valence-electron chi connectivity index (χ3n) is 2.81. The molecule has 100 valence electrons. The number of likely N-dealkylation sites (N-methyl/N-ethyl adjacent to an activating group) is 1. The Morgan fingerprint density at radius 3 is 2.78 bits per heavy atom. The van der Waals surface area contributed by atoms with Crippen LogP contribution in [0.1, 0.15) is 12.5 Å². The van der Waals surface area contributed by atoms with Gasteiger partial charge < -0.3 is 10.4 Å². The lowest BCUT2D eigenvalue weighted by Gasteiger charge is -2.22. The molecule has 1 unspecified atom stereocenters. The zero-order valence-electron chi connectivity index (χ0n) is 10.9. The normalized spacial score (nSPS) is 12.6. The quantitative estimate of drug-likeness (QED) is 0.874. The zero-order valence-corrected chi connectivity index (χ0v) is 12.5. The van der Waals surface area contributed by atoms with Crippen LogP contribution in [-0.4, -0.2) is 42.2 Å². The minimum Gasteiger partial charge on any atom is -0.395 e. The number of carbonyl (C=O) groups is 1. The number of aliphatic hydroxyl groups is 1. The van der Waals surface area contributed by atoms with Crippen molar-refractivity contribution in [2.75, 3.05) is 25.5 Å². The number of hydrogen-bond acceptors (Lipinski definition) is 3. The van der Waals surface area contributed by atoms with Crippen LogP contribution in [0.2, 0.25) is 0 Å². The lowest BCUT2D eigenvalue weighted by atomic mass is 10.2. The van der Waals surface area contributed by atoms with E-state index in [0.717, 1.165) is 15.7 Å². The molecule has 0 spiro atoms. The molecule has 5 heteroatoms. The van der Waals surface area contributed by atoms with Gasteiger partial charge in [-0.1, -0.05) is 6.07 Å². The summed E-state index contributed by atoms with van der Waals surface area (Å²) >= 11 is 3.42. The molecule has 0 aliphatic rings. The van der Waals surface area contributed by atoms with Crippen molar-refractivity contribution in [1.29, 1.82) is 0 Å². The van der Waals surface area contributed by atoms with E-state index in [4.69, 9.17) is 5.11 Å². The molecule has 1 rings (SSSR count). The van der Waals surface area contributed by atoms with Gasteiger partial charge in [0.25, 0.3) is 0 Å². The van der Waals surface area contributed by atoms with Crippen molar-refractivity contribution >= 4 is 27.5 Å². The first-order valence-electron chi connectivity index (χ1n) is 5.81. The van der Waals surface area contributed by atoms with E-state index < -0.39 is 0 Å². The van der Waals surface area contributed by atoms with Crippen molar-refractivity contribution in [3.05, 3.63) is 28.2 Å². The summed E-state index contributed by atoms with van der Waals surface area (Å²) < 4.78 is 0.869. The number of benzene rings is 1. The fourth-order valence-electron chi connectivity index (χ4n) is 1.43. The maximum atomic E-state index is 11.8. The molecule has 0 saturated carbocycles. The van der Waals surface area contributed by atoms with Crippen LogP contribution in [0.3, 0.4) is 0 Å². The summed E-state index contributed by atoms with van der Waals surface area (Å²) in [7, 11) is 1.81. The zero-order chi connectivity index (χ0) is 13.7. The van der Waals surface area contributed by atoms with Gasteiger partial charge in [-0.15, -0.1) is 0 Å². The van der Waals surface area contributed by atoms with Crippen LogP contribution in [0, 0.1) is 6.92 Å². The molecule has 1 aromatic carbocycles. The van der Waals surface area contributed by atoms with Gasteiger partial charge in [-0.2, -0.15) is 0 Å². The standard InChI is InChI=1S/C13H19BrN2O2/c1-9-4-5-12(11(14)6-9)15-13(18)7-16(3)10(2)8-17/h4-6,10,17H,7-8H2,1-3H3,(H,15,18). The molecule has 0 aliphatic heterocycles. The second kappa shape index (κ2) is 6.87. The first-order chi connectivity index (χ1) is 8.43. The number of amides is 1. The molecular formula is C13H19BrN2O2. The summed E-state index contributed by atoms with van der Waals surface area (Å²) in [5, 5.41) is 11.8. The van der Waals surface area contributed by atoms with Gasteiger partial charge in [0.2, 0.25) is 5.91 Å². The monoisotopic (exact) mass is 314 g/mol. The average Bonchev–Trinajstić information content (AvgIpc) is 2.31. The number of rotatable bonds is 5. The van der Waals surface area contributed by atoms with E-state index in [0.29, 0.717) is 0 Å². The number of nitrogens with zero attached hydrogens (tertiary/aromatic N) is 1. The molecule has 1 atom stereocenters. The molecule has 0 radical (unpaired) electrons. The molecule has 2 N–H and O–H groups in total. The van der Waals surface area contributed by atoms with Crippen LogP contribution in [0.5, 0.6) is 0 Å². The number of hydrogen-bond donors (Lipinski definition) is 2. The first-order valence-corrected chi connectivity index (χ1v) is 6.60. The topological polar surface area (TPSA) is 52.6 Å². The molecule has 18 heavy (non-hydrogen) atoms. The van der Waals surface area contributed by atoms with E-state index in [9.17, 15) is 4.79 Å². The van der Waals surface area contributed by atoms with E-state index >= 15 is 0 Å². The highest BCUT2D eigenvalue weighted by atomic mass is 79.9. The fraction of sp³-hybridized carbons (Fsp3) is 0.462. The minimum absolute atomic E-state index is 0.0304. The van der Waals surface area contributed by atoms with Crippen molar-refractivity contribution in [2.24, 2.45) is 0 Å². The Labute approximate surface area is 116 Å². The van der Waals surface area contributed by atoms with Gasteiger partial charge in [-0.05, 0) is 54.5 Å². The molecule has 0 fully saturated rings. The summed E-state index contributed by atoms with van der Waals surface area (Å²) in [5.74, 6) is -0.0950. The number of aryl methyl sites for hydroxylation is 1. The number of anilines is 1. The third-order valence-corrected chi connectivity index (χ3v) is 3.46. The smallest absolute Gasteiger partial charge is 0.238 e. The van der Waals surface area contributed by atoms with Crippen molar-refractivity contribution in [3.8, 4) is 0 Å². The average molecular weight is 315 g/mol. The van der Waals surface area contributed by atoms with Gasteiger partial charge in [0, 0.05) is 10.5 Å². The molecule has 0 saturated heterocycles. The number of halogens is 1. The van der Waals surface area contributed by atoms with Gasteiger partial charge in [-0.25, -0.2) is 0 Å². The second-order valence-electron chi connectivity index (χ2n) is 4.48. The van der Waals surface area contributed by atoms with Crippen LogP contribution in [0.25, 0.3) is 0 Å². The van der Waals surface area contributed by atoms with Crippen molar-refractivity contribution in [3.63, 3.8) is 0 Å². The van der Waals surface area contributed by atoms with Crippen LogP contribution in [0.4, 0.5) is 5.69 Å². The summed E-state index contributed by atoms with van der Waals surface area (Å²) in [6.45, 7) is 4.15. The van der Waals surface area contributed by atoms with Gasteiger partial charge in [0.1, 0.15) is 0 Å².